The van der Waals surface area contributed by atoms with E-state index >= 15 is 0 Å². The highest BCUT2D eigenvalue weighted by Crippen LogP contribution is 2.21. The number of halogens is 1. The van der Waals surface area contributed by atoms with Crippen LogP contribution in [0, 0.1) is 5.92 Å². The van der Waals surface area contributed by atoms with E-state index in [1.807, 2.05) is 0 Å². The average molecular weight is 329 g/mol. The summed E-state index contributed by atoms with van der Waals surface area (Å²) >= 11 is 3.33. The fraction of sp³-hybridized carbons (Fsp3) is 0.385. The van der Waals surface area contributed by atoms with Gasteiger partial charge in [0.25, 0.3) is 5.91 Å². The zero-order chi connectivity index (χ0) is 14.4. The van der Waals surface area contributed by atoms with Crippen molar-refractivity contribution in [2.45, 2.75) is 19.8 Å². The standard InChI is InChI=1S/C13H17BrN2O3/c1-8(13(18)19)3-2-6-16-11-7-9(14)4-5-10(11)12(15)17/h4-5,7-8,16H,2-3,6H2,1H3,(H2,15,17)(H,18,19). The van der Waals surface area contributed by atoms with Gasteiger partial charge in [-0.05, 0) is 31.0 Å². The molecule has 1 aromatic rings. The number of amides is 1. The highest BCUT2D eigenvalue weighted by atomic mass is 79.9. The Labute approximate surface area is 120 Å². The Morgan fingerprint density at radius 3 is 2.74 bits per heavy atom. The Balaban J connectivity index is 2.55. The van der Waals surface area contributed by atoms with Gasteiger partial charge in [-0.3, -0.25) is 9.59 Å². The summed E-state index contributed by atoms with van der Waals surface area (Å²) in [4.78, 5) is 21.9. The van der Waals surface area contributed by atoms with Crippen molar-refractivity contribution in [2.75, 3.05) is 11.9 Å². The molecule has 1 rings (SSSR count). The molecule has 0 saturated heterocycles. The summed E-state index contributed by atoms with van der Waals surface area (Å²) in [7, 11) is 0. The number of benzene rings is 1. The number of nitrogens with two attached hydrogens (primary N) is 1. The number of anilines is 1. The zero-order valence-corrected chi connectivity index (χ0v) is 12.2. The first-order chi connectivity index (χ1) is 8.91. The average Bonchev–Trinajstić information content (AvgIpc) is 2.33. The molecule has 0 aliphatic heterocycles. The summed E-state index contributed by atoms with van der Waals surface area (Å²) in [6.07, 6.45) is 1.29. The molecule has 104 valence electrons. The van der Waals surface area contributed by atoms with Gasteiger partial charge >= 0.3 is 5.97 Å². The quantitative estimate of drug-likeness (QED) is 0.670. The highest BCUT2D eigenvalue weighted by Gasteiger charge is 2.11. The zero-order valence-electron chi connectivity index (χ0n) is 10.6. The molecular weight excluding hydrogens is 312 g/mol. The van der Waals surface area contributed by atoms with Gasteiger partial charge in [-0.25, -0.2) is 0 Å². The summed E-state index contributed by atoms with van der Waals surface area (Å²) in [6, 6.07) is 5.17. The third kappa shape index (κ3) is 4.90. The van der Waals surface area contributed by atoms with Crippen molar-refractivity contribution in [1.82, 2.24) is 0 Å². The van der Waals surface area contributed by atoms with E-state index in [0.717, 1.165) is 4.47 Å². The lowest BCUT2D eigenvalue weighted by molar-refractivity contribution is -0.141. The number of hydrogen-bond acceptors (Lipinski definition) is 3. The van der Waals surface area contributed by atoms with Gasteiger partial charge in [0.2, 0.25) is 0 Å². The second-order valence-corrected chi connectivity index (χ2v) is 5.28. The maximum atomic E-state index is 11.3. The van der Waals surface area contributed by atoms with E-state index in [4.69, 9.17) is 10.8 Å². The minimum atomic E-state index is -0.791. The minimum absolute atomic E-state index is 0.361. The molecule has 0 spiro atoms. The molecule has 5 nitrogen and oxygen atoms in total. The van der Waals surface area contributed by atoms with Gasteiger partial charge in [0.1, 0.15) is 0 Å². The van der Waals surface area contributed by atoms with E-state index < -0.39 is 11.9 Å². The minimum Gasteiger partial charge on any atom is -0.481 e. The van der Waals surface area contributed by atoms with Gasteiger partial charge in [0.15, 0.2) is 0 Å². The maximum absolute atomic E-state index is 11.3. The molecule has 0 radical (unpaired) electrons. The third-order valence-electron chi connectivity index (χ3n) is 2.80. The Hall–Kier alpha value is -1.56. The van der Waals surface area contributed by atoms with Gasteiger partial charge in [-0.2, -0.15) is 0 Å². The number of hydrogen-bond donors (Lipinski definition) is 3. The van der Waals surface area contributed by atoms with Gasteiger partial charge in [0, 0.05) is 16.7 Å². The van der Waals surface area contributed by atoms with Crippen molar-refractivity contribution >= 4 is 33.5 Å². The van der Waals surface area contributed by atoms with Crippen molar-refractivity contribution in [1.29, 1.82) is 0 Å². The molecule has 19 heavy (non-hydrogen) atoms. The second-order valence-electron chi connectivity index (χ2n) is 4.36. The Morgan fingerprint density at radius 2 is 2.16 bits per heavy atom. The molecule has 0 aliphatic rings. The number of carbonyl (C=O) groups is 2. The van der Waals surface area contributed by atoms with Crippen molar-refractivity contribution < 1.29 is 14.7 Å². The lowest BCUT2D eigenvalue weighted by Gasteiger charge is -2.11. The van der Waals surface area contributed by atoms with Crippen LogP contribution in [-0.2, 0) is 4.79 Å². The summed E-state index contributed by atoms with van der Waals surface area (Å²) in [6.45, 7) is 2.27. The molecule has 0 aliphatic carbocycles. The van der Waals surface area contributed by atoms with Gasteiger partial charge in [-0.15, -0.1) is 0 Å². The summed E-state index contributed by atoms with van der Waals surface area (Å²) < 4.78 is 0.846. The van der Waals surface area contributed by atoms with Crippen LogP contribution in [0.4, 0.5) is 5.69 Å². The van der Waals surface area contributed by atoms with Gasteiger partial charge < -0.3 is 16.2 Å². The van der Waals surface area contributed by atoms with E-state index in [2.05, 4.69) is 21.2 Å². The van der Waals surface area contributed by atoms with Crippen LogP contribution in [0.3, 0.4) is 0 Å². The fourth-order valence-electron chi connectivity index (χ4n) is 1.63. The molecule has 0 bridgehead atoms. The molecule has 4 N–H and O–H groups in total. The number of aliphatic carboxylic acids is 1. The molecule has 1 aromatic carbocycles. The monoisotopic (exact) mass is 328 g/mol. The van der Waals surface area contributed by atoms with Crippen LogP contribution in [0.15, 0.2) is 22.7 Å². The molecular formula is C13H17BrN2O3. The van der Waals surface area contributed by atoms with E-state index in [9.17, 15) is 9.59 Å². The van der Waals surface area contributed by atoms with E-state index in [0.29, 0.717) is 30.6 Å². The molecule has 0 saturated carbocycles. The number of primary amides is 1. The van der Waals surface area contributed by atoms with Crippen molar-refractivity contribution in [3.05, 3.63) is 28.2 Å². The van der Waals surface area contributed by atoms with Crippen LogP contribution in [-0.4, -0.2) is 23.5 Å². The Morgan fingerprint density at radius 1 is 1.47 bits per heavy atom. The SMILES string of the molecule is CC(CCCNc1cc(Br)ccc1C(N)=O)C(=O)O. The summed E-state index contributed by atoms with van der Waals surface area (Å²) in [5.41, 5.74) is 6.37. The van der Waals surface area contributed by atoms with Crippen LogP contribution < -0.4 is 11.1 Å². The lowest BCUT2D eigenvalue weighted by atomic mass is 10.1. The molecule has 1 atom stereocenters. The van der Waals surface area contributed by atoms with Crippen LogP contribution >= 0.6 is 15.9 Å². The number of nitrogens with one attached hydrogen (secondary N) is 1. The van der Waals surface area contributed by atoms with Crippen LogP contribution in [0.5, 0.6) is 0 Å². The van der Waals surface area contributed by atoms with Crippen LogP contribution in [0.2, 0.25) is 0 Å². The smallest absolute Gasteiger partial charge is 0.306 e. The maximum Gasteiger partial charge on any atom is 0.306 e. The fourth-order valence-corrected chi connectivity index (χ4v) is 1.99. The first kappa shape index (κ1) is 15.5. The Kier molecular flexibility index (Phi) is 5.82. The molecule has 1 amide bonds. The number of carboxylic acids is 1. The number of carbonyl (C=O) groups excluding carboxylic acids is 1. The van der Waals surface area contributed by atoms with Gasteiger partial charge in [-0.1, -0.05) is 22.9 Å². The van der Waals surface area contributed by atoms with Crippen LogP contribution in [0.25, 0.3) is 0 Å². The summed E-state index contributed by atoms with van der Waals surface area (Å²) in [5, 5.41) is 11.9. The first-order valence-corrected chi connectivity index (χ1v) is 6.77. The van der Waals surface area contributed by atoms with Crippen molar-refractivity contribution in [3.63, 3.8) is 0 Å². The molecule has 0 heterocycles. The Bertz CT molecular complexity index is 477. The molecule has 6 heteroatoms. The van der Waals surface area contributed by atoms with Crippen LogP contribution in [0.1, 0.15) is 30.1 Å². The summed E-state index contributed by atoms with van der Waals surface area (Å²) in [5.74, 6) is -1.64. The van der Waals surface area contributed by atoms with E-state index in [-0.39, 0.29) is 5.92 Å². The number of rotatable bonds is 7. The predicted molar refractivity (Wildman–Crippen MR) is 77.2 cm³/mol. The first-order valence-electron chi connectivity index (χ1n) is 5.98. The molecule has 1 unspecified atom stereocenters. The molecule has 0 aromatic heterocycles. The lowest BCUT2D eigenvalue weighted by Crippen LogP contribution is -2.16. The van der Waals surface area contributed by atoms with Gasteiger partial charge in [0.05, 0.1) is 11.5 Å². The predicted octanol–water partition coefficient (Wildman–Crippen LogP) is 2.46. The third-order valence-corrected chi connectivity index (χ3v) is 3.29. The van der Waals surface area contributed by atoms with E-state index in [1.54, 1.807) is 25.1 Å². The normalized spacial score (nSPS) is 11.9. The highest BCUT2D eigenvalue weighted by molar-refractivity contribution is 9.10. The second kappa shape index (κ2) is 7.13. The topological polar surface area (TPSA) is 92.4 Å². The number of carboxylic acid groups (broad SMARTS) is 1. The molecule has 0 fully saturated rings. The van der Waals surface area contributed by atoms with E-state index in [1.165, 1.54) is 0 Å². The van der Waals surface area contributed by atoms with Crippen molar-refractivity contribution in [3.8, 4) is 0 Å². The largest absolute Gasteiger partial charge is 0.481 e. The van der Waals surface area contributed by atoms with Crippen molar-refractivity contribution in [2.24, 2.45) is 11.7 Å².